The minimum Gasteiger partial charge on any atom is -0.478 e. The zero-order chi connectivity index (χ0) is 14.3. The van der Waals surface area contributed by atoms with E-state index in [0.29, 0.717) is 22.4 Å². The number of nitrogens with zero attached hydrogens (tertiary/aromatic N) is 1. The number of carbonyl (C=O) groups is 1. The van der Waals surface area contributed by atoms with E-state index in [1.807, 2.05) is 38.1 Å². The van der Waals surface area contributed by atoms with Crippen molar-refractivity contribution in [3.05, 3.63) is 53.3 Å². The lowest BCUT2D eigenvalue weighted by molar-refractivity contribution is 0.0699. The highest BCUT2D eigenvalue weighted by Gasteiger charge is 2.14. The summed E-state index contributed by atoms with van der Waals surface area (Å²) in [5.74, 6) is 0.377. The van der Waals surface area contributed by atoms with Gasteiger partial charge in [0.25, 0.3) is 0 Å². The zero-order valence-corrected chi connectivity index (χ0v) is 11.2. The SMILES string of the molecule is Cc1ccc2nc(-c3ccc(C)o3)cc(C(=O)O)c2c1. The first-order valence-electron chi connectivity index (χ1n) is 6.26. The Balaban J connectivity index is 2.31. The molecule has 0 fully saturated rings. The number of carboxylic acid groups (broad SMARTS) is 1. The van der Waals surface area contributed by atoms with Gasteiger partial charge in [-0.25, -0.2) is 9.78 Å². The zero-order valence-electron chi connectivity index (χ0n) is 11.2. The molecular formula is C16H13NO3. The first-order valence-corrected chi connectivity index (χ1v) is 6.26. The van der Waals surface area contributed by atoms with Crippen LogP contribution in [0.5, 0.6) is 0 Å². The summed E-state index contributed by atoms with van der Waals surface area (Å²) in [4.78, 5) is 15.9. The van der Waals surface area contributed by atoms with E-state index in [0.717, 1.165) is 11.3 Å². The summed E-state index contributed by atoms with van der Waals surface area (Å²) in [5.41, 5.74) is 2.43. The van der Waals surface area contributed by atoms with Gasteiger partial charge in [-0.3, -0.25) is 0 Å². The van der Waals surface area contributed by atoms with E-state index in [1.165, 1.54) is 0 Å². The highest BCUT2D eigenvalue weighted by molar-refractivity contribution is 6.03. The molecule has 4 heteroatoms. The van der Waals surface area contributed by atoms with Crippen LogP contribution in [0.2, 0.25) is 0 Å². The number of rotatable bonds is 2. The Hall–Kier alpha value is -2.62. The summed E-state index contributed by atoms with van der Waals surface area (Å²) in [6.07, 6.45) is 0. The van der Waals surface area contributed by atoms with E-state index in [9.17, 15) is 9.90 Å². The van der Waals surface area contributed by atoms with Gasteiger partial charge in [0.15, 0.2) is 5.76 Å². The Morgan fingerprint density at radius 1 is 1.15 bits per heavy atom. The third-order valence-electron chi connectivity index (χ3n) is 3.19. The molecule has 2 heterocycles. The van der Waals surface area contributed by atoms with Crippen molar-refractivity contribution in [1.82, 2.24) is 4.98 Å². The number of pyridine rings is 1. The molecule has 100 valence electrons. The molecule has 20 heavy (non-hydrogen) atoms. The summed E-state index contributed by atoms with van der Waals surface area (Å²) in [6, 6.07) is 10.8. The molecule has 3 rings (SSSR count). The van der Waals surface area contributed by atoms with Gasteiger partial charge in [0.2, 0.25) is 0 Å². The van der Waals surface area contributed by atoms with Crippen LogP contribution in [0.25, 0.3) is 22.4 Å². The van der Waals surface area contributed by atoms with Crippen LogP contribution >= 0.6 is 0 Å². The Morgan fingerprint density at radius 2 is 1.95 bits per heavy atom. The number of hydrogen-bond acceptors (Lipinski definition) is 3. The van der Waals surface area contributed by atoms with E-state index in [4.69, 9.17) is 4.42 Å². The van der Waals surface area contributed by atoms with Crippen LogP contribution in [-0.2, 0) is 0 Å². The van der Waals surface area contributed by atoms with Gasteiger partial charge in [-0.2, -0.15) is 0 Å². The second-order valence-electron chi connectivity index (χ2n) is 4.79. The fourth-order valence-corrected chi connectivity index (χ4v) is 2.21. The van der Waals surface area contributed by atoms with Gasteiger partial charge in [0.1, 0.15) is 11.5 Å². The number of fused-ring (bicyclic) bond motifs is 1. The summed E-state index contributed by atoms with van der Waals surface area (Å²) in [6.45, 7) is 3.76. The maximum Gasteiger partial charge on any atom is 0.336 e. The van der Waals surface area contributed by atoms with E-state index < -0.39 is 5.97 Å². The predicted octanol–water partition coefficient (Wildman–Crippen LogP) is 3.81. The van der Waals surface area contributed by atoms with Crippen molar-refractivity contribution in [3.8, 4) is 11.5 Å². The van der Waals surface area contributed by atoms with Gasteiger partial charge in [0, 0.05) is 5.39 Å². The van der Waals surface area contributed by atoms with Crippen LogP contribution in [-0.4, -0.2) is 16.1 Å². The molecule has 4 nitrogen and oxygen atoms in total. The number of aromatic nitrogens is 1. The summed E-state index contributed by atoms with van der Waals surface area (Å²) >= 11 is 0. The molecule has 0 radical (unpaired) electrons. The second kappa shape index (κ2) is 4.49. The van der Waals surface area contributed by atoms with Gasteiger partial charge in [-0.15, -0.1) is 0 Å². The quantitative estimate of drug-likeness (QED) is 0.766. The maximum absolute atomic E-state index is 11.5. The topological polar surface area (TPSA) is 63.3 Å². The van der Waals surface area contributed by atoms with Crippen molar-refractivity contribution >= 4 is 16.9 Å². The third kappa shape index (κ3) is 2.05. The van der Waals surface area contributed by atoms with Crippen molar-refractivity contribution in [2.24, 2.45) is 0 Å². The van der Waals surface area contributed by atoms with Crippen molar-refractivity contribution in [2.75, 3.05) is 0 Å². The molecule has 0 aliphatic heterocycles. The van der Waals surface area contributed by atoms with Crippen LogP contribution in [0.4, 0.5) is 0 Å². The van der Waals surface area contributed by atoms with E-state index in [1.54, 1.807) is 12.1 Å². The minimum atomic E-state index is -0.965. The van der Waals surface area contributed by atoms with Crippen LogP contribution in [0.1, 0.15) is 21.7 Å². The second-order valence-corrected chi connectivity index (χ2v) is 4.79. The third-order valence-corrected chi connectivity index (χ3v) is 3.19. The first kappa shape index (κ1) is 12.4. The standard InChI is InChI=1S/C16H13NO3/c1-9-3-5-13-11(7-9)12(16(18)19)8-14(17-13)15-6-4-10(2)20-15/h3-8H,1-2H3,(H,18,19). The number of aryl methyl sites for hydroxylation is 2. The van der Waals surface area contributed by atoms with Gasteiger partial charge in [-0.1, -0.05) is 11.6 Å². The number of carboxylic acids is 1. The molecule has 1 aromatic carbocycles. The van der Waals surface area contributed by atoms with E-state index >= 15 is 0 Å². The molecule has 0 spiro atoms. The average Bonchev–Trinajstić information content (AvgIpc) is 2.84. The van der Waals surface area contributed by atoms with Crippen molar-refractivity contribution in [1.29, 1.82) is 0 Å². The molecule has 0 aliphatic carbocycles. The average molecular weight is 267 g/mol. The molecule has 0 atom stereocenters. The lowest BCUT2D eigenvalue weighted by Crippen LogP contribution is -2.00. The summed E-state index contributed by atoms with van der Waals surface area (Å²) in [5, 5.41) is 10.0. The first-order chi connectivity index (χ1) is 9.54. The van der Waals surface area contributed by atoms with Crippen LogP contribution in [0, 0.1) is 13.8 Å². The molecule has 0 unspecified atom stereocenters. The van der Waals surface area contributed by atoms with Crippen molar-refractivity contribution in [2.45, 2.75) is 13.8 Å². The fourth-order valence-electron chi connectivity index (χ4n) is 2.21. The van der Waals surface area contributed by atoms with Gasteiger partial charge >= 0.3 is 5.97 Å². The van der Waals surface area contributed by atoms with E-state index in [-0.39, 0.29) is 5.56 Å². The van der Waals surface area contributed by atoms with Gasteiger partial charge in [0.05, 0.1) is 11.1 Å². The number of benzene rings is 1. The van der Waals surface area contributed by atoms with Crippen LogP contribution < -0.4 is 0 Å². The molecule has 0 amide bonds. The smallest absolute Gasteiger partial charge is 0.336 e. The lowest BCUT2D eigenvalue weighted by atomic mass is 10.0. The Bertz CT molecular complexity index is 818. The monoisotopic (exact) mass is 267 g/mol. The molecular weight excluding hydrogens is 254 g/mol. The highest BCUT2D eigenvalue weighted by Crippen LogP contribution is 2.26. The van der Waals surface area contributed by atoms with Gasteiger partial charge < -0.3 is 9.52 Å². The lowest BCUT2D eigenvalue weighted by Gasteiger charge is -2.06. The van der Waals surface area contributed by atoms with Crippen molar-refractivity contribution < 1.29 is 14.3 Å². The van der Waals surface area contributed by atoms with E-state index in [2.05, 4.69) is 4.98 Å². The molecule has 3 aromatic rings. The Morgan fingerprint density at radius 3 is 2.60 bits per heavy atom. The maximum atomic E-state index is 11.5. The normalized spacial score (nSPS) is 10.9. The molecule has 0 bridgehead atoms. The predicted molar refractivity (Wildman–Crippen MR) is 75.9 cm³/mol. The number of aromatic carboxylic acids is 1. The summed E-state index contributed by atoms with van der Waals surface area (Å²) < 4.78 is 5.52. The van der Waals surface area contributed by atoms with Crippen molar-refractivity contribution in [3.63, 3.8) is 0 Å². The van der Waals surface area contributed by atoms with Crippen LogP contribution in [0.3, 0.4) is 0 Å². The summed E-state index contributed by atoms with van der Waals surface area (Å²) in [7, 11) is 0. The highest BCUT2D eigenvalue weighted by atomic mass is 16.4. The molecule has 0 saturated heterocycles. The largest absolute Gasteiger partial charge is 0.478 e. The molecule has 1 N–H and O–H groups in total. The number of hydrogen-bond donors (Lipinski definition) is 1. The Labute approximate surface area is 115 Å². The fraction of sp³-hybridized carbons (Fsp3) is 0.125. The molecule has 0 aliphatic rings. The number of furan rings is 1. The molecule has 2 aromatic heterocycles. The van der Waals surface area contributed by atoms with Crippen LogP contribution in [0.15, 0.2) is 40.8 Å². The minimum absolute atomic E-state index is 0.239. The van der Waals surface area contributed by atoms with Gasteiger partial charge in [-0.05, 0) is 44.2 Å². The molecule has 0 saturated carbocycles. The Kier molecular flexibility index (Phi) is 2.79.